The summed E-state index contributed by atoms with van der Waals surface area (Å²) in [6, 6.07) is 18.0. The number of carbonyl (C=O) groups is 2. The first kappa shape index (κ1) is 15.3. The van der Waals surface area contributed by atoms with E-state index in [1.807, 2.05) is 36.4 Å². The monoisotopic (exact) mass is 331 g/mol. The number of hydrogen-bond donors (Lipinski definition) is 0. The van der Waals surface area contributed by atoms with Crippen molar-refractivity contribution in [1.82, 2.24) is 4.90 Å². The smallest absolute Gasteiger partial charge is 0.262 e. The third-order valence-corrected chi connectivity index (χ3v) is 4.42. The lowest BCUT2D eigenvalue weighted by molar-refractivity contribution is -0.156. The van der Waals surface area contributed by atoms with Gasteiger partial charge in [-0.15, -0.1) is 0 Å². The van der Waals surface area contributed by atoms with E-state index in [0.29, 0.717) is 5.56 Å². The van der Waals surface area contributed by atoms with E-state index in [1.165, 1.54) is 4.90 Å². The molecular formula is C16H15NO3P2. The summed E-state index contributed by atoms with van der Waals surface area (Å²) >= 11 is 0. The van der Waals surface area contributed by atoms with Crippen molar-refractivity contribution in [2.24, 2.45) is 0 Å². The number of β-lactam (4-membered cyclic amide) rings is 1. The first-order valence-electron chi connectivity index (χ1n) is 6.82. The molecule has 3 unspecified atom stereocenters. The summed E-state index contributed by atoms with van der Waals surface area (Å²) in [4.78, 5) is 26.2. The fraction of sp³-hybridized carbons (Fsp3) is 0.125. The Morgan fingerprint density at radius 3 is 2.23 bits per heavy atom. The Hall–Kier alpha value is -1.60. The Kier molecular flexibility index (Phi) is 4.63. The summed E-state index contributed by atoms with van der Waals surface area (Å²) < 4.78 is 5.52. The number of rotatable bonds is 4. The van der Waals surface area contributed by atoms with Crippen LogP contribution in [0.3, 0.4) is 0 Å². The molecule has 4 nitrogen and oxygen atoms in total. The molecule has 1 heterocycles. The van der Waals surface area contributed by atoms with Crippen molar-refractivity contribution >= 4 is 29.2 Å². The largest absolute Gasteiger partial charge is 0.343 e. The molecule has 0 spiro atoms. The molecule has 112 valence electrons. The molecule has 0 aliphatic carbocycles. The van der Waals surface area contributed by atoms with Gasteiger partial charge in [0, 0.05) is 14.1 Å². The molecule has 6 heteroatoms. The van der Waals surface area contributed by atoms with Gasteiger partial charge >= 0.3 is 0 Å². The highest BCUT2D eigenvalue weighted by Crippen LogP contribution is 2.42. The Morgan fingerprint density at radius 2 is 1.64 bits per heavy atom. The lowest BCUT2D eigenvalue weighted by Crippen LogP contribution is -2.61. The maximum atomic E-state index is 12.6. The minimum absolute atomic E-state index is 0.121. The van der Waals surface area contributed by atoms with Crippen molar-refractivity contribution < 1.29 is 14.1 Å². The highest BCUT2D eigenvalue weighted by atomic mass is 32.0. The van der Waals surface area contributed by atoms with E-state index in [1.54, 1.807) is 24.3 Å². The topological polar surface area (TPSA) is 46.6 Å². The van der Waals surface area contributed by atoms with Gasteiger partial charge in [-0.25, -0.2) is 0 Å². The molecule has 22 heavy (non-hydrogen) atoms. The fourth-order valence-corrected chi connectivity index (χ4v) is 3.39. The molecule has 0 bridgehead atoms. The van der Waals surface area contributed by atoms with Crippen LogP contribution in [0.25, 0.3) is 0 Å². The predicted octanol–water partition coefficient (Wildman–Crippen LogP) is 3.18. The molecule has 0 radical (unpaired) electrons. The quantitative estimate of drug-likeness (QED) is 0.491. The number of imide groups is 1. The van der Waals surface area contributed by atoms with Crippen LogP contribution in [0.15, 0.2) is 60.7 Å². The molecule has 3 rings (SSSR count). The maximum Gasteiger partial charge on any atom is 0.262 e. The van der Waals surface area contributed by atoms with Gasteiger partial charge in [-0.05, 0) is 17.7 Å². The lowest BCUT2D eigenvalue weighted by atomic mass is 9.90. The van der Waals surface area contributed by atoms with Crippen LogP contribution in [-0.4, -0.2) is 22.8 Å². The lowest BCUT2D eigenvalue weighted by Gasteiger charge is -2.45. The summed E-state index contributed by atoms with van der Waals surface area (Å²) in [7, 11) is 2.58. The third kappa shape index (κ3) is 2.70. The zero-order chi connectivity index (χ0) is 15.5. The van der Waals surface area contributed by atoms with E-state index in [2.05, 4.69) is 8.93 Å². The summed E-state index contributed by atoms with van der Waals surface area (Å²) in [6.07, 6.45) is -0.592. The SMILES string of the molecule is O=C(c1ccccc1)N1C(=O)[C@H](OPP)C1c1ccccc1. The second kappa shape index (κ2) is 6.66. The average molecular weight is 331 g/mol. The van der Waals surface area contributed by atoms with Gasteiger partial charge in [0.2, 0.25) is 0 Å². The zero-order valence-corrected chi connectivity index (χ0v) is 13.8. The van der Waals surface area contributed by atoms with E-state index >= 15 is 0 Å². The minimum atomic E-state index is -0.592. The number of likely N-dealkylation sites (tertiary alicyclic amines) is 1. The van der Waals surface area contributed by atoms with Crippen LogP contribution in [0.2, 0.25) is 0 Å². The van der Waals surface area contributed by atoms with Gasteiger partial charge in [0.15, 0.2) is 6.10 Å². The molecule has 2 aromatic rings. The van der Waals surface area contributed by atoms with E-state index in [4.69, 9.17) is 4.52 Å². The second-order valence-corrected chi connectivity index (χ2v) is 6.07. The number of nitrogens with zero attached hydrogens (tertiary/aromatic N) is 1. The molecule has 0 N–H and O–H groups in total. The first-order valence-corrected chi connectivity index (χ1v) is 9.54. The van der Waals surface area contributed by atoms with Crippen molar-refractivity contribution in [2.75, 3.05) is 0 Å². The molecular weight excluding hydrogens is 316 g/mol. The standard InChI is InChI=1S/C16H15NO3P2/c18-15(12-9-5-2-6-10-12)17-13(11-7-3-1-4-8-11)14(16(17)19)20-22-21/h1-10,13-14,22H,21H2/t13?,14-/m1/s1. The summed E-state index contributed by atoms with van der Waals surface area (Å²) in [5.41, 5.74) is 1.41. The molecule has 1 saturated heterocycles. The molecule has 4 atom stereocenters. The summed E-state index contributed by atoms with van der Waals surface area (Å²) in [6.45, 7) is 0. The van der Waals surface area contributed by atoms with Crippen molar-refractivity contribution in [3.63, 3.8) is 0 Å². The molecule has 1 fully saturated rings. The van der Waals surface area contributed by atoms with E-state index in [0.717, 1.165) is 5.56 Å². The highest BCUT2D eigenvalue weighted by Gasteiger charge is 2.52. The highest BCUT2D eigenvalue weighted by molar-refractivity contribution is 8.00. The van der Waals surface area contributed by atoms with E-state index in [-0.39, 0.29) is 26.4 Å². The van der Waals surface area contributed by atoms with Crippen LogP contribution < -0.4 is 0 Å². The van der Waals surface area contributed by atoms with Crippen LogP contribution in [-0.2, 0) is 9.32 Å². The van der Waals surface area contributed by atoms with Gasteiger partial charge in [-0.1, -0.05) is 57.5 Å². The molecule has 2 aromatic carbocycles. The number of carbonyl (C=O) groups excluding carboxylic acids is 2. The molecule has 0 saturated carbocycles. The third-order valence-electron chi connectivity index (χ3n) is 3.62. The van der Waals surface area contributed by atoms with Crippen molar-refractivity contribution in [3.8, 4) is 0 Å². The number of benzene rings is 2. The first-order chi connectivity index (χ1) is 10.7. The Bertz CT molecular complexity index is 678. The van der Waals surface area contributed by atoms with Crippen LogP contribution in [0.5, 0.6) is 0 Å². The average Bonchev–Trinajstić information content (AvgIpc) is 2.58. The van der Waals surface area contributed by atoms with Crippen LogP contribution in [0, 0.1) is 0 Å². The van der Waals surface area contributed by atoms with Gasteiger partial charge in [-0.3, -0.25) is 14.5 Å². The van der Waals surface area contributed by atoms with Gasteiger partial charge in [0.1, 0.15) is 6.04 Å². The molecule has 0 aromatic heterocycles. The minimum Gasteiger partial charge on any atom is -0.343 e. The molecule has 1 aliphatic rings. The predicted molar refractivity (Wildman–Crippen MR) is 89.7 cm³/mol. The number of hydrogen-bond acceptors (Lipinski definition) is 3. The van der Waals surface area contributed by atoms with Gasteiger partial charge in [-0.2, -0.15) is 0 Å². The van der Waals surface area contributed by atoms with Crippen LogP contribution in [0.1, 0.15) is 22.0 Å². The van der Waals surface area contributed by atoms with Crippen LogP contribution >= 0.6 is 17.4 Å². The molecule has 1 aliphatic heterocycles. The van der Waals surface area contributed by atoms with Gasteiger partial charge in [0.05, 0.1) is 0 Å². The van der Waals surface area contributed by atoms with Gasteiger partial charge < -0.3 is 4.52 Å². The Balaban J connectivity index is 1.92. The summed E-state index contributed by atoms with van der Waals surface area (Å²) in [5.74, 6) is -0.566. The number of amides is 2. The fourth-order valence-electron chi connectivity index (χ4n) is 2.57. The Labute approximate surface area is 132 Å². The van der Waals surface area contributed by atoms with Crippen molar-refractivity contribution in [2.45, 2.75) is 12.1 Å². The van der Waals surface area contributed by atoms with Crippen molar-refractivity contribution in [1.29, 1.82) is 0 Å². The normalized spacial score (nSPS) is 21.1. The van der Waals surface area contributed by atoms with E-state index in [9.17, 15) is 9.59 Å². The Morgan fingerprint density at radius 1 is 1.05 bits per heavy atom. The zero-order valence-electron chi connectivity index (χ0n) is 11.7. The maximum absolute atomic E-state index is 12.6. The molecule has 2 amide bonds. The second-order valence-electron chi connectivity index (χ2n) is 4.89. The van der Waals surface area contributed by atoms with Crippen molar-refractivity contribution in [3.05, 3.63) is 71.8 Å². The van der Waals surface area contributed by atoms with E-state index < -0.39 is 6.10 Å². The van der Waals surface area contributed by atoms with Gasteiger partial charge in [0.25, 0.3) is 11.8 Å². The summed E-state index contributed by atoms with van der Waals surface area (Å²) in [5, 5.41) is 0. The van der Waals surface area contributed by atoms with Crippen LogP contribution in [0.4, 0.5) is 0 Å².